The van der Waals surface area contributed by atoms with Crippen molar-refractivity contribution in [2.24, 2.45) is 5.73 Å². The molecule has 1 amide bonds. The Morgan fingerprint density at radius 3 is 2.41 bits per heavy atom. The van der Waals surface area contributed by atoms with Gasteiger partial charge < -0.3 is 20.7 Å². The largest absolute Gasteiger partial charge is 0.495 e. The standard InChI is InChI=1S/C25H30N4O4S/c1-17-13-23(33-4)24(16-22(17)18-7-5-8-19(14-18)25(30)29(2)3)34(31,32)28-21-10-6-9-20(15-21)27-12-11-26/h5-10,13-16,27-28H,11-12,26H2,1-4H3. The molecule has 0 atom stereocenters. The molecule has 180 valence electrons. The van der Waals surface area contributed by atoms with Crippen molar-refractivity contribution < 1.29 is 17.9 Å². The number of nitrogens with zero attached hydrogens (tertiary/aromatic N) is 1. The Morgan fingerprint density at radius 2 is 1.74 bits per heavy atom. The first-order valence-electron chi connectivity index (χ1n) is 10.7. The molecule has 0 spiro atoms. The molecule has 0 fully saturated rings. The number of ether oxygens (including phenoxy) is 1. The van der Waals surface area contributed by atoms with Crippen LogP contribution in [0.2, 0.25) is 0 Å². The monoisotopic (exact) mass is 482 g/mol. The number of carbonyl (C=O) groups is 1. The van der Waals surface area contributed by atoms with Crippen molar-refractivity contribution in [1.82, 2.24) is 4.90 Å². The third-order valence-corrected chi connectivity index (χ3v) is 6.62. The van der Waals surface area contributed by atoms with Crippen molar-refractivity contribution in [3.63, 3.8) is 0 Å². The Balaban J connectivity index is 2.03. The van der Waals surface area contributed by atoms with E-state index >= 15 is 0 Å². The number of amides is 1. The molecular weight excluding hydrogens is 452 g/mol. The minimum atomic E-state index is -3.98. The van der Waals surface area contributed by atoms with Crippen molar-refractivity contribution in [2.75, 3.05) is 44.3 Å². The van der Waals surface area contributed by atoms with Gasteiger partial charge in [-0.15, -0.1) is 0 Å². The van der Waals surface area contributed by atoms with Crippen LogP contribution in [-0.4, -0.2) is 53.5 Å². The summed E-state index contributed by atoms with van der Waals surface area (Å²) >= 11 is 0. The molecule has 0 unspecified atom stereocenters. The van der Waals surface area contributed by atoms with E-state index in [1.165, 1.54) is 12.0 Å². The van der Waals surface area contributed by atoms with E-state index in [0.29, 0.717) is 29.9 Å². The molecule has 9 heteroatoms. The van der Waals surface area contributed by atoms with Crippen LogP contribution < -0.4 is 20.5 Å². The van der Waals surface area contributed by atoms with Gasteiger partial charge in [-0.05, 0) is 66.1 Å². The minimum absolute atomic E-state index is 0.000240. The molecule has 0 heterocycles. The van der Waals surface area contributed by atoms with Crippen molar-refractivity contribution in [3.05, 3.63) is 71.8 Å². The summed E-state index contributed by atoms with van der Waals surface area (Å²) in [5.41, 5.74) is 9.45. The molecule has 0 saturated heterocycles. The van der Waals surface area contributed by atoms with E-state index in [4.69, 9.17) is 10.5 Å². The van der Waals surface area contributed by atoms with E-state index in [9.17, 15) is 13.2 Å². The van der Waals surface area contributed by atoms with E-state index in [-0.39, 0.29) is 16.6 Å². The second-order valence-corrected chi connectivity index (χ2v) is 9.65. The molecule has 3 aromatic carbocycles. The Kier molecular flexibility index (Phi) is 7.80. The number of hydrogen-bond donors (Lipinski definition) is 3. The van der Waals surface area contributed by atoms with E-state index in [1.807, 2.05) is 19.1 Å². The number of aryl methyl sites for hydroxylation is 1. The Bertz CT molecular complexity index is 1290. The van der Waals surface area contributed by atoms with Gasteiger partial charge in [-0.3, -0.25) is 9.52 Å². The lowest BCUT2D eigenvalue weighted by molar-refractivity contribution is 0.0827. The van der Waals surface area contributed by atoms with Crippen LogP contribution in [0.4, 0.5) is 11.4 Å². The molecular formula is C25H30N4O4S. The highest BCUT2D eigenvalue weighted by atomic mass is 32.2. The summed E-state index contributed by atoms with van der Waals surface area (Å²) in [4.78, 5) is 13.9. The second-order valence-electron chi connectivity index (χ2n) is 8.00. The lowest BCUT2D eigenvalue weighted by Gasteiger charge is -2.17. The molecule has 8 nitrogen and oxygen atoms in total. The molecule has 34 heavy (non-hydrogen) atoms. The first kappa shape index (κ1) is 25.1. The smallest absolute Gasteiger partial charge is 0.265 e. The maximum absolute atomic E-state index is 13.4. The summed E-state index contributed by atoms with van der Waals surface area (Å²) in [6, 6.07) is 17.3. The number of rotatable bonds is 9. The zero-order valence-corrected chi connectivity index (χ0v) is 20.6. The molecule has 4 N–H and O–H groups in total. The summed E-state index contributed by atoms with van der Waals surface area (Å²) < 4.78 is 34.8. The normalized spacial score (nSPS) is 11.1. The van der Waals surface area contributed by atoms with Gasteiger partial charge in [0.05, 0.1) is 12.8 Å². The minimum Gasteiger partial charge on any atom is -0.495 e. The molecule has 0 bridgehead atoms. The van der Waals surface area contributed by atoms with Crippen LogP contribution in [0, 0.1) is 6.92 Å². The average molecular weight is 483 g/mol. The zero-order chi connectivity index (χ0) is 24.9. The average Bonchev–Trinajstić information content (AvgIpc) is 2.81. The predicted molar refractivity (Wildman–Crippen MR) is 136 cm³/mol. The number of sulfonamides is 1. The number of nitrogens with two attached hydrogens (primary N) is 1. The molecule has 0 aromatic heterocycles. The topological polar surface area (TPSA) is 114 Å². The van der Waals surface area contributed by atoms with Gasteiger partial charge in [0, 0.05) is 38.4 Å². The first-order chi connectivity index (χ1) is 16.2. The Morgan fingerprint density at radius 1 is 1.03 bits per heavy atom. The fourth-order valence-electron chi connectivity index (χ4n) is 3.54. The Labute approximate surface area is 200 Å². The third-order valence-electron chi connectivity index (χ3n) is 5.22. The molecule has 0 aliphatic rings. The van der Waals surface area contributed by atoms with E-state index in [0.717, 1.165) is 16.8 Å². The first-order valence-corrected chi connectivity index (χ1v) is 12.2. The van der Waals surface area contributed by atoms with Crippen molar-refractivity contribution >= 4 is 27.3 Å². The zero-order valence-electron chi connectivity index (χ0n) is 19.8. The summed E-state index contributed by atoms with van der Waals surface area (Å²) in [5, 5.41) is 3.13. The van der Waals surface area contributed by atoms with Gasteiger partial charge in [-0.25, -0.2) is 8.42 Å². The SMILES string of the molecule is COc1cc(C)c(-c2cccc(C(=O)N(C)C)c2)cc1S(=O)(=O)Nc1cccc(NCCN)c1. The summed E-state index contributed by atoms with van der Waals surface area (Å²) in [7, 11) is 0.819. The van der Waals surface area contributed by atoms with Gasteiger partial charge in [0.2, 0.25) is 0 Å². The number of anilines is 2. The molecule has 3 rings (SSSR count). The number of benzene rings is 3. The van der Waals surface area contributed by atoms with Crippen molar-refractivity contribution in [3.8, 4) is 16.9 Å². The van der Waals surface area contributed by atoms with Gasteiger partial charge in [0.1, 0.15) is 10.6 Å². The van der Waals surface area contributed by atoms with Crippen LogP contribution >= 0.6 is 0 Å². The lowest BCUT2D eigenvalue weighted by Crippen LogP contribution is -2.21. The van der Waals surface area contributed by atoms with E-state index in [2.05, 4.69) is 10.0 Å². The van der Waals surface area contributed by atoms with Crippen LogP contribution in [0.1, 0.15) is 15.9 Å². The highest BCUT2D eigenvalue weighted by Crippen LogP contribution is 2.34. The van der Waals surface area contributed by atoms with Gasteiger partial charge in [-0.1, -0.05) is 18.2 Å². The highest BCUT2D eigenvalue weighted by Gasteiger charge is 2.23. The molecule has 0 aliphatic carbocycles. The van der Waals surface area contributed by atoms with Crippen molar-refractivity contribution in [2.45, 2.75) is 11.8 Å². The maximum Gasteiger partial charge on any atom is 0.265 e. The third kappa shape index (κ3) is 5.67. The van der Waals surface area contributed by atoms with Crippen LogP contribution in [-0.2, 0) is 10.0 Å². The summed E-state index contributed by atoms with van der Waals surface area (Å²) in [5.74, 6) is 0.0948. The predicted octanol–water partition coefficient (Wildman–Crippen LogP) is 3.54. The van der Waals surface area contributed by atoms with Gasteiger partial charge in [0.15, 0.2) is 0 Å². The van der Waals surface area contributed by atoms with E-state index < -0.39 is 10.0 Å². The number of hydrogen-bond acceptors (Lipinski definition) is 6. The molecule has 3 aromatic rings. The fourth-order valence-corrected chi connectivity index (χ4v) is 4.77. The lowest BCUT2D eigenvalue weighted by atomic mass is 9.98. The molecule has 0 aliphatic heterocycles. The van der Waals surface area contributed by atoms with Gasteiger partial charge in [-0.2, -0.15) is 0 Å². The highest BCUT2D eigenvalue weighted by molar-refractivity contribution is 7.92. The maximum atomic E-state index is 13.4. The molecule has 0 saturated carbocycles. The van der Waals surface area contributed by atoms with Crippen molar-refractivity contribution in [1.29, 1.82) is 0 Å². The summed E-state index contributed by atoms with van der Waals surface area (Å²) in [6.07, 6.45) is 0. The number of carbonyl (C=O) groups excluding carboxylic acids is 1. The fraction of sp³-hybridized carbons (Fsp3) is 0.240. The number of methoxy groups -OCH3 is 1. The van der Waals surface area contributed by atoms with Gasteiger partial charge in [0.25, 0.3) is 15.9 Å². The van der Waals surface area contributed by atoms with Gasteiger partial charge >= 0.3 is 0 Å². The summed E-state index contributed by atoms with van der Waals surface area (Å²) in [6.45, 7) is 2.90. The van der Waals surface area contributed by atoms with Crippen LogP contribution in [0.3, 0.4) is 0 Å². The van der Waals surface area contributed by atoms with Crippen LogP contribution in [0.15, 0.2) is 65.6 Å². The quantitative estimate of drug-likeness (QED) is 0.430. The van der Waals surface area contributed by atoms with Crippen LogP contribution in [0.5, 0.6) is 5.75 Å². The number of nitrogens with one attached hydrogen (secondary N) is 2. The second kappa shape index (κ2) is 10.6. The van der Waals surface area contributed by atoms with Crippen LogP contribution in [0.25, 0.3) is 11.1 Å². The molecule has 0 radical (unpaired) electrons. The Hall–Kier alpha value is -3.56. The van der Waals surface area contributed by atoms with E-state index in [1.54, 1.807) is 62.6 Å².